The summed E-state index contributed by atoms with van der Waals surface area (Å²) < 4.78 is 1.16. The highest BCUT2D eigenvalue weighted by atomic mass is 79.9. The third kappa shape index (κ3) is 3.38. The molecule has 0 amide bonds. The summed E-state index contributed by atoms with van der Waals surface area (Å²) in [6.45, 7) is 4.40. The summed E-state index contributed by atoms with van der Waals surface area (Å²) in [6.07, 6.45) is 1.07. The SMILES string of the molecule is CC(C)CC(NN)c1ccc(Br)s1. The van der Waals surface area contributed by atoms with Gasteiger partial charge < -0.3 is 0 Å². The van der Waals surface area contributed by atoms with Gasteiger partial charge in [-0.05, 0) is 40.4 Å². The molecule has 4 heteroatoms. The normalized spacial score (nSPS) is 13.6. The van der Waals surface area contributed by atoms with Gasteiger partial charge in [-0.3, -0.25) is 11.3 Å². The molecule has 0 saturated carbocycles. The van der Waals surface area contributed by atoms with Crippen LogP contribution in [0.15, 0.2) is 15.9 Å². The van der Waals surface area contributed by atoms with Gasteiger partial charge in [-0.2, -0.15) is 0 Å². The van der Waals surface area contributed by atoms with Crippen molar-refractivity contribution in [3.8, 4) is 0 Å². The van der Waals surface area contributed by atoms with Crippen molar-refractivity contribution >= 4 is 27.3 Å². The monoisotopic (exact) mass is 262 g/mol. The topological polar surface area (TPSA) is 38.0 Å². The summed E-state index contributed by atoms with van der Waals surface area (Å²) in [7, 11) is 0. The molecule has 1 heterocycles. The Morgan fingerprint density at radius 1 is 1.54 bits per heavy atom. The molecule has 0 aliphatic heterocycles. The molecule has 0 aliphatic rings. The molecular weight excluding hydrogens is 248 g/mol. The highest BCUT2D eigenvalue weighted by molar-refractivity contribution is 9.11. The van der Waals surface area contributed by atoms with Gasteiger partial charge in [-0.25, -0.2) is 0 Å². The van der Waals surface area contributed by atoms with Crippen molar-refractivity contribution in [2.45, 2.75) is 26.3 Å². The first kappa shape index (κ1) is 11.2. The van der Waals surface area contributed by atoms with Crippen LogP contribution in [0.1, 0.15) is 31.2 Å². The van der Waals surface area contributed by atoms with Crippen molar-refractivity contribution in [2.24, 2.45) is 11.8 Å². The van der Waals surface area contributed by atoms with Crippen molar-refractivity contribution in [1.29, 1.82) is 0 Å². The molecule has 74 valence electrons. The van der Waals surface area contributed by atoms with E-state index in [-0.39, 0.29) is 6.04 Å². The summed E-state index contributed by atoms with van der Waals surface area (Å²) in [5, 5.41) is 0. The highest BCUT2D eigenvalue weighted by Crippen LogP contribution is 2.30. The van der Waals surface area contributed by atoms with E-state index in [1.165, 1.54) is 4.88 Å². The van der Waals surface area contributed by atoms with E-state index in [1.807, 2.05) is 0 Å². The van der Waals surface area contributed by atoms with Crippen LogP contribution in [0.3, 0.4) is 0 Å². The zero-order valence-corrected chi connectivity index (χ0v) is 10.3. The fourth-order valence-corrected chi connectivity index (χ4v) is 2.75. The number of nitrogens with two attached hydrogens (primary N) is 1. The van der Waals surface area contributed by atoms with Crippen LogP contribution in [0.25, 0.3) is 0 Å². The van der Waals surface area contributed by atoms with Crippen LogP contribution in [0, 0.1) is 5.92 Å². The number of hydrogen-bond donors (Lipinski definition) is 2. The molecule has 3 N–H and O–H groups in total. The van der Waals surface area contributed by atoms with E-state index in [1.54, 1.807) is 11.3 Å². The van der Waals surface area contributed by atoms with Gasteiger partial charge in [0.15, 0.2) is 0 Å². The molecule has 0 spiro atoms. The molecule has 2 nitrogen and oxygen atoms in total. The second kappa shape index (κ2) is 5.10. The quantitative estimate of drug-likeness (QED) is 0.647. The Labute approximate surface area is 91.6 Å². The van der Waals surface area contributed by atoms with E-state index in [0.29, 0.717) is 5.92 Å². The minimum Gasteiger partial charge on any atom is -0.271 e. The minimum absolute atomic E-state index is 0.288. The average molecular weight is 263 g/mol. The van der Waals surface area contributed by atoms with E-state index in [9.17, 15) is 0 Å². The molecule has 0 aromatic carbocycles. The molecule has 0 saturated heterocycles. The number of nitrogens with one attached hydrogen (secondary N) is 1. The first-order valence-electron chi connectivity index (χ1n) is 4.35. The average Bonchev–Trinajstić information content (AvgIpc) is 2.47. The Hall–Kier alpha value is 0.1000. The molecule has 1 rings (SSSR count). The standard InChI is InChI=1S/C9H15BrN2S/c1-6(2)5-7(12-11)8-3-4-9(10)13-8/h3-4,6-7,12H,5,11H2,1-2H3. The van der Waals surface area contributed by atoms with Crippen molar-refractivity contribution in [2.75, 3.05) is 0 Å². The van der Waals surface area contributed by atoms with Gasteiger partial charge in [0.2, 0.25) is 0 Å². The van der Waals surface area contributed by atoms with E-state index >= 15 is 0 Å². The highest BCUT2D eigenvalue weighted by Gasteiger charge is 2.13. The van der Waals surface area contributed by atoms with Gasteiger partial charge in [-0.15, -0.1) is 11.3 Å². The largest absolute Gasteiger partial charge is 0.271 e. The van der Waals surface area contributed by atoms with Crippen LogP contribution in [0.4, 0.5) is 0 Å². The molecule has 0 bridgehead atoms. The van der Waals surface area contributed by atoms with E-state index in [2.05, 4.69) is 47.3 Å². The Morgan fingerprint density at radius 2 is 2.23 bits per heavy atom. The van der Waals surface area contributed by atoms with E-state index in [0.717, 1.165) is 10.2 Å². The zero-order chi connectivity index (χ0) is 9.84. The number of hydrogen-bond acceptors (Lipinski definition) is 3. The van der Waals surface area contributed by atoms with Crippen LogP contribution in [0.5, 0.6) is 0 Å². The van der Waals surface area contributed by atoms with E-state index < -0.39 is 0 Å². The lowest BCUT2D eigenvalue weighted by atomic mass is 10.0. The van der Waals surface area contributed by atoms with Crippen molar-refractivity contribution in [3.63, 3.8) is 0 Å². The molecule has 1 aromatic heterocycles. The summed E-state index contributed by atoms with van der Waals surface area (Å²) in [6, 6.07) is 4.46. The minimum atomic E-state index is 0.288. The summed E-state index contributed by atoms with van der Waals surface area (Å²) in [4.78, 5) is 1.29. The van der Waals surface area contributed by atoms with Gasteiger partial charge in [0.05, 0.1) is 9.83 Å². The van der Waals surface area contributed by atoms with Gasteiger partial charge in [0, 0.05) is 4.88 Å². The summed E-state index contributed by atoms with van der Waals surface area (Å²) in [5.41, 5.74) is 2.85. The third-order valence-electron chi connectivity index (χ3n) is 1.85. The predicted octanol–water partition coefficient (Wildman–Crippen LogP) is 3.06. The second-order valence-electron chi connectivity index (χ2n) is 3.49. The first-order chi connectivity index (χ1) is 6.13. The van der Waals surface area contributed by atoms with Crippen molar-refractivity contribution < 1.29 is 0 Å². The Bertz CT molecular complexity index is 260. The third-order valence-corrected chi connectivity index (χ3v) is 3.58. The van der Waals surface area contributed by atoms with Crippen molar-refractivity contribution in [3.05, 3.63) is 20.8 Å². The van der Waals surface area contributed by atoms with Gasteiger partial charge in [0.1, 0.15) is 0 Å². The first-order valence-corrected chi connectivity index (χ1v) is 5.95. The van der Waals surface area contributed by atoms with Crippen molar-refractivity contribution in [1.82, 2.24) is 5.43 Å². The molecule has 0 radical (unpaired) electrons. The molecule has 1 atom stereocenters. The fourth-order valence-electron chi connectivity index (χ4n) is 1.25. The van der Waals surface area contributed by atoms with Crippen LogP contribution < -0.4 is 11.3 Å². The van der Waals surface area contributed by atoms with Crippen LogP contribution in [-0.4, -0.2) is 0 Å². The number of hydrazine groups is 1. The Morgan fingerprint density at radius 3 is 2.62 bits per heavy atom. The maximum Gasteiger partial charge on any atom is 0.0702 e. The Balaban J connectivity index is 2.66. The van der Waals surface area contributed by atoms with Crippen LogP contribution in [-0.2, 0) is 0 Å². The lowest BCUT2D eigenvalue weighted by molar-refractivity contribution is 0.443. The molecule has 1 aromatic rings. The second-order valence-corrected chi connectivity index (χ2v) is 5.99. The van der Waals surface area contributed by atoms with E-state index in [4.69, 9.17) is 5.84 Å². The lowest BCUT2D eigenvalue weighted by Crippen LogP contribution is -2.28. The van der Waals surface area contributed by atoms with Crippen LogP contribution >= 0.6 is 27.3 Å². The van der Waals surface area contributed by atoms with Crippen LogP contribution in [0.2, 0.25) is 0 Å². The van der Waals surface area contributed by atoms with Gasteiger partial charge >= 0.3 is 0 Å². The smallest absolute Gasteiger partial charge is 0.0702 e. The molecular formula is C9H15BrN2S. The predicted molar refractivity (Wildman–Crippen MR) is 61.5 cm³/mol. The fraction of sp³-hybridized carbons (Fsp3) is 0.556. The molecule has 0 aliphatic carbocycles. The maximum absolute atomic E-state index is 5.50. The molecule has 13 heavy (non-hydrogen) atoms. The van der Waals surface area contributed by atoms with Gasteiger partial charge in [0.25, 0.3) is 0 Å². The molecule has 1 unspecified atom stereocenters. The Kier molecular flexibility index (Phi) is 4.38. The number of halogens is 1. The molecule has 0 fully saturated rings. The lowest BCUT2D eigenvalue weighted by Gasteiger charge is -2.15. The number of rotatable bonds is 4. The zero-order valence-electron chi connectivity index (χ0n) is 7.88. The maximum atomic E-state index is 5.50. The summed E-state index contributed by atoms with van der Waals surface area (Å²) in [5.74, 6) is 6.16. The van der Waals surface area contributed by atoms with Gasteiger partial charge in [-0.1, -0.05) is 13.8 Å². The number of thiophene rings is 1. The summed E-state index contributed by atoms with van der Waals surface area (Å²) >= 11 is 5.18.